The van der Waals surface area contributed by atoms with Gasteiger partial charge in [-0.3, -0.25) is 0 Å². The van der Waals surface area contributed by atoms with Gasteiger partial charge in [-0.25, -0.2) is 0 Å². The van der Waals surface area contributed by atoms with Gasteiger partial charge in [0.15, 0.2) is 0 Å². The standard InChI is InChI=1S/C80H134Br4S2/c1-5-9-13-17-21-25-29-33-37-41-45-49-53-57-61-79(62-58-54-50-46-42-38-34-30-26-22-18-14-10-6-2)69-65-68-70(66-67(69)75-71(79)73(81)77(83)85-75)80(72-74(82)78(84)86-76(68)72,63-59-55-51-47-43-39-35-31-27-23-19-15-11-7-3)64-60-56-52-48-44-40-36-32-28-24-20-16-12-8-4/h65-66H,5-64H2,1-4H3. The van der Waals surface area contributed by atoms with E-state index in [0.717, 1.165) is 0 Å². The molecule has 6 heteroatoms. The summed E-state index contributed by atoms with van der Waals surface area (Å²) in [5.74, 6) is 0. The summed E-state index contributed by atoms with van der Waals surface area (Å²) in [5, 5.41) is 0. The van der Waals surface area contributed by atoms with Gasteiger partial charge in [-0.1, -0.05) is 387 Å². The number of halogens is 4. The second-order valence-corrected chi connectivity index (χ2v) is 34.5. The average molecular weight is 1480 g/mol. The first-order valence-electron chi connectivity index (χ1n) is 38.5. The molecule has 2 heterocycles. The topological polar surface area (TPSA) is 0 Å². The molecule has 0 amide bonds. The van der Waals surface area contributed by atoms with E-state index < -0.39 is 0 Å². The van der Waals surface area contributed by atoms with E-state index in [-0.39, 0.29) is 10.8 Å². The zero-order valence-corrected chi connectivity index (χ0v) is 64.9. The highest BCUT2D eigenvalue weighted by atomic mass is 79.9. The maximum absolute atomic E-state index is 4.36. The molecule has 2 aliphatic carbocycles. The van der Waals surface area contributed by atoms with Crippen molar-refractivity contribution in [2.45, 2.75) is 424 Å². The van der Waals surface area contributed by atoms with Crippen LogP contribution in [-0.4, -0.2) is 0 Å². The molecule has 0 fully saturated rings. The van der Waals surface area contributed by atoms with Crippen molar-refractivity contribution in [1.29, 1.82) is 0 Å². The van der Waals surface area contributed by atoms with E-state index in [1.54, 1.807) is 43.1 Å². The lowest BCUT2D eigenvalue weighted by Crippen LogP contribution is -2.27. The number of rotatable bonds is 60. The third-order valence-electron chi connectivity index (χ3n) is 21.1. The molecule has 494 valence electrons. The van der Waals surface area contributed by atoms with E-state index in [4.69, 9.17) is 0 Å². The lowest BCUT2D eigenvalue weighted by Gasteiger charge is -2.35. The number of unbranched alkanes of at least 4 members (excludes halogenated alkanes) is 52. The van der Waals surface area contributed by atoms with Crippen LogP contribution in [0.2, 0.25) is 0 Å². The third-order valence-corrected chi connectivity index (χ3v) is 28.0. The molecule has 0 unspecified atom stereocenters. The van der Waals surface area contributed by atoms with Crippen molar-refractivity contribution >= 4 is 86.4 Å². The smallest absolute Gasteiger partial charge is 0.0850 e. The van der Waals surface area contributed by atoms with Gasteiger partial charge in [-0.05, 0) is 135 Å². The Morgan fingerprint density at radius 3 is 0.581 bits per heavy atom. The van der Waals surface area contributed by atoms with E-state index in [0.29, 0.717) is 0 Å². The van der Waals surface area contributed by atoms with Crippen LogP contribution in [0.5, 0.6) is 0 Å². The summed E-state index contributed by atoms with van der Waals surface area (Å²) in [4.78, 5) is 3.16. The Morgan fingerprint density at radius 2 is 0.407 bits per heavy atom. The van der Waals surface area contributed by atoms with Crippen molar-refractivity contribution in [2.24, 2.45) is 0 Å². The van der Waals surface area contributed by atoms with Crippen LogP contribution in [0.15, 0.2) is 28.7 Å². The molecule has 0 radical (unpaired) electrons. The zero-order chi connectivity index (χ0) is 61.2. The van der Waals surface area contributed by atoms with Crippen LogP contribution < -0.4 is 0 Å². The van der Waals surface area contributed by atoms with Gasteiger partial charge in [0.2, 0.25) is 0 Å². The number of fused-ring (bicyclic) bond motifs is 6. The summed E-state index contributed by atoms with van der Waals surface area (Å²) in [6.07, 6.45) is 84.5. The number of benzene rings is 1. The molecule has 0 atom stereocenters. The highest BCUT2D eigenvalue weighted by Crippen LogP contribution is 2.67. The van der Waals surface area contributed by atoms with E-state index in [2.05, 4.69) is 104 Å². The Labute approximate surface area is 576 Å². The van der Waals surface area contributed by atoms with Gasteiger partial charge in [-0.15, -0.1) is 22.7 Å². The Balaban J connectivity index is 1.33. The molecule has 0 N–H and O–H groups in total. The predicted octanol–water partition coefficient (Wildman–Crippen LogP) is 32.9. The molecule has 1 aromatic carbocycles. The minimum Gasteiger partial charge on any atom is -0.127 e. The summed E-state index contributed by atoms with van der Waals surface area (Å²) in [6.45, 7) is 9.33. The molecular weight excluding hydrogens is 1340 g/mol. The SMILES string of the molecule is CCCCCCCCCCCCCCCCC1(CCCCCCCCCCCCCCCC)c2cc3c(cc2-c2sc(Br)c(Br)c21)C(CCCCCCCCCCCCCCCC)(CCCCCCCCCCCCCCCC)c1c-3sc(Br)c1Br. The summed E-state index contributed by atoms with van der Waals surface area (Å²) in [6, 6.07) is 5.72. The maximum Gasteiger partial charge on any atom is 0.0850 e. The monoisotopic (exact) mass is 1470 g/mol. The molecule has 86 heavy (non-hydrogen) atoms. The molecule has 2 aromatic heterocycles. The Hall–Kier alpha value is 0.540. The molecule has 0 saturated heterocycles. The maximum atomic E-state index is 4.36. The van der Waals surface area contributed by atoms with Crippen LogP contribution in [0.4, 0.5) is 0 Å². The van der Waals surface area contributed by atoms with Crippen molar-refractivity contribution in [3.05, 3.63) is 50.9 Å². The number of hydrogen-bond acceptors (Lipinski definition) is 2. The molecule has 0 bridgehead atoms. The number of thiophene rings is 2. The molecule has 3 aromatic rings. The van der Waals surface area contributed by atoms with Crippen LogP contribution in [0.25, 0.3) is 20.9 Å². The largest absolute Gasteiger partial charge is 0.127 e. The first kappa shape index (κ1) is 77.2. The quantitative estimate of drug-likeness (QED) is 0.0494. The summed E-state index contributed by atoms with van der Waals surface area (Å²) in [5.41, 5.74) is 9.97. The van der Waals surface area contributed by atoms with Crippen molar-refractivity contribution in [3.8, 4) is 20.9 Å². The van der Waals surface area contributed by atoms with Gasteiger partial charge in [0.05, 0.1) is 7.57 Å². The Bertz CT molecular complexity index is 1930. The van der Waals surface area contributed by atoms with Crippen molar-refractivity contribution in [3.63, 3.8) is 0 Å². The van der Waals surface area contributed by atoms with Crippen LogP contribution in [0.1, 0.15) is 435 Å². The summed E-state index contributed by atoms with van der Waals surface area (Å²) >= 11 is 21.2. The predicted molar refractivity (Wildman–Crippen MR) is 405 cm³/mol. The first-order valence-corrected chi connectivity index (χ1v) is 43.3. The number of hydrogen-bond donors (Lipinski definition) is 0. The van der Waals surface area contributed by atoms with Gasteiger partial charge in [0.1, 0.15) is 0 Å². The Morgan fingerprint density at radius 1 is 0.244 bits per heavy atom. The van der Waals surface area contributed by atoms with Crippen LogP contribution in [0.3, 0.4) is 0 Å². The summed E-state index contributed by atoms with van der Waals surface area (Å²) in [7, 11) is 0. The first-order chi connectivity index (χ1) is 42.3. The van der Waals surface area contributed by atoms with E-state index in [1.165, 1.54) is 402 Å². The fourth-order valence-electron chi connectivity index (χ4n) is 15.8. The van der Waals surface area contributed by atoms with Crippen LogP contribution in [0, 0.1) is 0 Å². The van der Waals surface area contributed by atoms with Crippen molar-refractivity contribution < 1.29 is 0 Å². The summed E-state index contributed by atoms with van der Waals surface area (Å²) < 4.78 is 5.34. The molecule has 0 spiro atoms. The van der Waals surface area contributed by atoms with Gasteiger partial charge in [-0.2, -0.15) is 0 Å². The minimum atomic E-state index is 0.0513. The second-order valence-electron chi connectivity index (χ2n) is 28.3. The normalized spacial score (nSPS) is 13.8. The van der Waals surface area contributed by atoms with Crippen LogP contribution in [-0.2, 0) is 10.8 Å². The van der Waals surface area contributed by atoms with E-state index in [1.807, 2.05) is 22.7 Å². The van der Waals surface area contributed by atoms with Gasteiger partial charge in [0, 0.05) is 29.5 Å². The average Bonchev–Trinajstić information content (AvgIpc) is 1.62. The van der Waals surface area contributed by atoms with Gasteiger partial charge < -0.3 is 0 Å². The molecule has 0 aliphatic heterocycles. The fourth-order valence-corrected chi connectivity index (χ4v) is 21.2. The Kier molecular flexibility index (Phi) is 43.4. The highest BCUT2D eigenvalue weighted by Gasteiger charge is 2.51. The molecule has 0 saturated carbocycles. The van der Waals surface area contributed by atoms with Gasteiger partial charge >= 0.3 is 0 Å². The molecule has 0 nitrogen and oxygen atoms in total. The minimum absolute atomic E-state index is 0.0513. The lowest BCUT2D eigenvalue weighted by molar-refractivity contribution is 0.392. The third kappa shape index (κ3) is 26.7. The fraction of sp³-hybridized carbons (Fsp3) is 0.825. The molecular formula is C80H134Br4S2. The van der Waals surface area contributed by atoms with E-state index in [9.17, 15) is 0 Å². The molecule has 2 aliphatic rings. The molecule has 5 rings (SSSR count). The second kappa shape index (κ2) is 48.3. The van der Waals surface area contributed by atoms with Crippen LogP contribution >= 0.6 is 86.4 Å². The van der Waals surface area contributed by atoms with Crippen molar-refractivity contribution in [2.75, 3.05) is 0 Å². The van der Waals surface area contributed by atoms with Crippen molar-refractivity contribution in [1.82, 2.24) is 0 Å². The zero-order valence-electron chi connectivity index (χ0n) is 56.9. The lowest BCUT2D eigenvalue weighted by atomic mass is 9.68. The van der Waals surface area contributed by atoms with E-state index >= 15 is 0 Å². The van der Waals surface area contributed by atoms with Gasteiger partial charge in [0.25, 0.3) is 0 Å². The highest BCUT2D eigenvalue weighted by molar-refractivity contribution is 9.14.